The molecule has 0 saturated carbocycles. The molecule has 0 aromatic heterocycles. The Morgan fingerprint density at radius 3 is 3.07 bits per heavy atom. The largest absolute Gasteiger partial charge is 0.492 e. The van der Waals surface area contributed by atoms with E-state index in [0.717, 1.165) is 0 Å². The third-order valence-electron chi connectivity index (χ3n) is 1.81. The summed E-state index contributed by atoms with van der Waals surface area (Å²) in [6.07, 6.45) is 0.338. The minimum atomic E-state index is -0.152. The van der Waals surface area contributed by atoms with E-state index in [-0.39, 0.29) is 5.91 Å². The molecule has 0 fully saturated rings. The second-order valence-corrected chi connectivity index (χ2v) is 2.86. The molecule has 0 atom stereocenters. The summed E-state index contributed by atoms with van der Waals surface area (Å²) in [7, 11) is 1.57. The van der Waals surface area contributed by atoms with Gasteiger partial charge in [-0.05, 0) is 18.2 Å². The molecule has 0 spiro atoms. The first kappa shape index (κ1) is 11.1. The molecule has 0 bridgehead atoms. The van der Waals surface area contributed by atoms with Gasteiger partial charge in [-0.15, -0.1) is 0 Å². The van der Waals surface area contributed by atoms with Crippen LogP contribution in [0, 0.1) is 11.3 Å². The van der Waals surface area contributed by atoms with Crippen LogP contribution in [-0.2, 0) is 0 Å². The van der Waals surface area contributed by atoms with Gasteiger partial charge in [0.05, 0.1) is 12.5 Å². The molecule has 1 N–H and O–H groups in total. The average Bonchev–Trinajstić information content (AvgIpc) is 2.29. The SMILES string of the molecule is CNC(=O)c1cccc(OCCC#N)c1. The Morgan fingerprint density at radius 2 is 2.40 bits per heavy atom. The second-order valence-electron chi connectivity index (χ2n) is 2.86. The van der Waals surface area contributed by atoms with Crippen molar-refractivity contribution in [1.29, 1.82) is 5.26 Å². The molecule has 0 unspecified atom stereocenters. The van der Waals surface area contributed by atoms with Gasteiger partial charge in [0.1, 0.15) is 12.4 Å². The van der Waals surface area contributed by atoms with Crippen LogP contribution in [0.2, 0.25) is 0 Å². The van der Waals surface area contributed by atoms with Gasteiger partial charge in [-0.1, -0.05) is 6.07 Å². The highest BCUT2D eigenvalue weighted by Gasteiger charge is 2.03. The van der Waals surface area contributed by atoms with Crippen LogP contribution in [0.25, 0.3) is 0 Å². The minimum absolute atomic E-state index is 0.152. The number of nitrogens with zero attached hydrogens (tertiary/aromatic N) is 1. The van der Waals surface area contributed by atoms with Crippen molar-refractivity contribution >= 4 is 5.91 Å². The van der Waals surface area contributed by atoms with E-state index in [9.17, 15) is 4.79 Å². The van der Waals surface area contributed by atoms with Crippen molar-refractivity contribution in [2.45, 2.75) is 6.42 Å². The highest BCUT2D eigenvalue weighted by molar-refractivity contribution is 5.94. The van der Waals surface area contributed by atoms with Crippen molar-refractivity contribution in [2.24, 2.45) is 0 Å². The molecule has 1 amide bonds. The lowest BCUT2D eigenvalue weighted by Crippen LogP contribution is -2.17. The predicted molar refractivity (Wildman–Crippen MR) is 55.6 cm³/mol. The summed E-state index contributed by atoms with van der Waals surface area (Å²) in [6.45, 7) is 0.341. The van der Waals surface area contributed by atoms with Crippen LogP contribution in [0.15, 0.2) is 24.3 Å². The summed E-state index contributed by atoms with van der Waals surface area (Å²) in [4.78, 5) is 11.3. The first-order chi connectivity index (χ1) is 7.27. The smallest absolute Gasteiger partial charge is 0.251 e. The van der Waals surface area contributed by atoms with Crippen LogP contribution in [0.1, 0.15) is 16.8 Å². The van der Waals surface area contributed by atoms with Crippen molar-refractivity contribution in [3.63, 3.8) is 0 Å². The Bertz CT molecular complexity index is 382. The summed E-state index contributed by atoms with van der Waals surface area (Å²) in [5, 5.41) is 10.9. The van der Waals surface area contributed by atoms with Crippen molar-refractivity contribution < 1.29 is 9.53 Å². The van der Waals surface area contributed by atoms with Gasteiger partial charge in [-0.2, -0.15) is 5.26 Å². The zero-order valence-corrected chi connectivity index (χ0v) is 8.49. The van der Waals surface area contributed by atoms with E-state index in [1.54, 1.807) is 31.3 Å². The molecule has 4 nitrogen and oxygen atoms in total. The molecular weight excluding hydrogens is 192 g/mol. The lowest BCUT2D eigenvalue weighted by atomic mass is 10.2. The van der Waals surface area contributed by atoms with Gasteiger partial charge >= 0.3 is 0 Å². The summed E-state index contributed by atoms with van der Waals surface area (Å²) in [6, 6.07) is 8.83. The minimum Gasteiger partial charge on any atom is -0.492 e. The number of hydrogen-bond donors (Lipinski definition) is 1. The first-order valence-electron chi connectivity index (χ1n) is 4.60. The maximum Gasteiger partial charge on any atom is 0.251 e. The fourth-order valence-electron chi connectivity index (χ4n) is 1.09. The van der Waals surface area contributed by atoms with Crippen LogP contribution < -0.4 is 10.1 Å². The number of benzene rings is 1. The summed E-state index contributed by atoms with van der Waals surface area (Å²) in [5.41, 5.74) is 0.548. The molecule has 0 aliphatic carbocycles. The fourth-order valence-corrected chi connectivity index (χ4v) is 1.09. The zero-order valence-electron chi connectivity index (χ0n) is 8.49. The van der Waals surface area contributed by atoms with Crippen molar-refractivity contribution in [3.05, 3.63) is 29.8 Å². The number of rotatable bonds is 4. The summed E-state index contributed by atoms with van der Waals surface area (Å²) in [5.74, 6) is 0.451. The first-order valence-corrected chi connectivity index (χ1v) is 4.60. The quantitative estimate of drug-likeness (QED) is 0.753. The van der Waals surface area contributed by atoms with Gasteiger partial charge in [0.2, 0.25) is 0 Å². The standard InChI is InChI=1S/C11H12N2O2/c1-13-11(14)9-4-2-5-10(8-9)15-7-3-6-12/h2,4-5,8H,3,7H2,1H3,(H,13,14). The molecule has 0 saturated heterocycles. The Balaban J connectivity index is 2.66. The Hall–Kier alpha value is -2.02. The van der Waals surface area contributed by atoms with Crippen molar-refractivity contribution in [3.8, 4) is 11.8 Å². The zero-order chi connectivity index (χ0) is 11.1. The normalized spacial score (nSPS) is 9.07. The monoisotopic (exact) mass is 204 g/mol. The molecule has 1 aromatic rings. The fraction of sp³-hybridized carbons (Fsp3) is 0.273. The van der Waals surface area contributed by atoms with E-state index in [1.807, 2.05) is 6.07 Å². The number of ether oxygens (including phenoxy) is 1. The van der Waals surface area contributed by atoms with Crippen molar-refractivity contribution in [2.75, 3.05) is 13.7 Å². The summed E-state index contributed by atoms with van der Waals surface area (Å²) < 4.78 is 5.28. The van der Waals surface area contributed by atoms with Crippen LogP contribution in [-0.4, -0.2) is 19.6 Å². The van der Waals surface area contributed by atoms with Gasteiger partial charge in [-0.3, -0.25) is 4.79 Å². The highest BCUT2D eigenvalue weighted by atomic mass is 16.5. The Labute approximate surface area is 88.5 Å². The average molecular weight is 204 g/mol. The third-order valence-corrected chi connectivity index (χ3v) is 1.81. The van der Waals surface area contributed by atoms with Crippen LogP contribution in [0.5, 0.6) is 5.75 Å². The lowest BCUT2D eigenvalue weighted by molar-refractivity contribution is 0.0962. The second kappa shape index (κ2) is 5.66. The molecule has 0 heterocycles. The highest BCUT2D eigenvalue weighted by Crippen LogP contribution is 2.13. The molecule has 0 radical (unpaired) electrons. The molecule has 4 heteroatoms. The van der Waals surface area contributed by atoms with Gasteiger partial charge < -0.3 is 10.1 Å². The topological polar surface area (TPSA) is 62.1 Å². The molecule has 1 aromatic carbocycles. The van der Waals surface area contributed by atoms with Crippen molar-refractivity contribution in [1.82, 2.24) is 5.32 Å². The van der Waals surface area contributed by atoms with Gasteiger partial charge in [0.25, 0.3) is 5.91 Å². The van der Waals surface area contributed by atoms with Gasteiger partial charge in [0.15, 0.2) is 0 Å². The maximum atomic E-state index is 11.3. The molecule has 15 heavy (non-hydrogen) atoms. The Morgan fingerprint density at radius 1 is 1.60 bits per heavy atom. The van der Waals surface area contributed by atoms with E-state index < -0.39 is 0 Å². The lowest BCUT2D eigenvalue weighted by Gasteiger charge is -2.05. The van der Waals surface area contributed by atoms with E-state index in [0.29, 0.717) is 24.3 Å². The number of amides is 1. The van der Waals surface area contributed by atoms with E-state index >= 15 is 0 Å². The number of nitrogens with one attached hydrogen (secondary N) is 1. The van der Waals surface area contributed by atoms with Crippen LogP contribution in [0.4, 0.5) is 0 Å². The number of hydrogen-bond acceptors (Lipinski definition) is 3. The summed E-state index contributed by atoms with van der Waals surface area (Å²) >= 11 is 0. The third kappa shape index (κ3) is 3.31. The van der Waals surface area contributed by atoms with E-state index in [4.69, 9.17) is 10.00 Å². The van der Waals surface area contributed by atoms with E-state index in [2.05, 4.69) is 5.32 Å². The molecule has 0 aliphatic rings. The molecule has 1 rings (SSSR count). The van der Waals surface area contributed by atoms with Crippen LogP contribution in [0.3, 0.4) is 0 Å². The molecular formula is C11H12N2O2. The predicted octanol–water partition coefficient (Wildman–Crippen LogP) is 1.34. The molecule has 78 valence electrons. The van der Waals surface area contributed by atoms with Gasteiger partial charge in [-0.25, -0.2) is 0 Å². The van der Waals surface area contributed by atoms with E-state index in [1.165, 1.54) is 0 Å². The maximum absolute atomic E-state index is 11.3. The number of carbonyl (C=O) groups excluding carboxylic acids is 1. The number of nitriles is 1. The molecule has 0 aliphatic heterocycles. The van der Waals surface area contributed by atoms with Gasteiger partial charge in [0, 0.05) is 12.6 Å². The Kier molecular flexibility index (Phi) is 4.17. The van der Waals surface area contributed by atoms with Crippen LogP contribution >= 0.6 is 0 Å². The number of carbonyl (C=O) groups is 1.